The van der Waals surface area contributed by atoms with Crippen LogP contribution < -0.4 is 10.5 Å². The number of nitrogens with zero attached hydrogens (tertiary/aromatic N) is 4. The van der Waals surface area contributed by atoms with Gasteiger partial charge in [-0.1, -0.05) is 43.5 Å². The number of aromatic nitrogens is 3. The Labute approximate surface area is 218 Å². The Morgan fingerprint density at radius 3 is 2.64 bits per heavy atom. The summed E-state index contributed by atoms with van der Waals surface area (Å²) in [5.74, 6) is 1.37. The molecule has 3 heterocycles. The van der Waals surface area contributed by atoms with Crippen molar-refractivity contribution in [2.24, 2.45) is 0 Å². The first-order valence-corrected chi connectivity index (χ1v) is 13.4. The molecule has 4 rings (SSSR count). The third kappa shape index (κ3) is 6.12. The Bertz CT molecular complexity index is 1260. The van der Waals surface area contributed by atoms with E-state index < -0.39 is 5.60 Å². The van der Waals surface area contributed by atoms with E-state index in [0.717, 1.165) is 62.3 Å². The monoisotopic (exact) mass is 512 g/mol. The summed E-state index contributed by atoms with van der Waals surface area (Å²) in [4.78, 5) is 32.8. The Kier molecular flexibility index (Phi) is 8.08. The Morgan fingerprint density at radius 1 is 1.19 bits per heavy atom. The number of carbonyl (C=O) groups excluding carboxylic acids is 1. The van der Waals surface area contributed by atoms with E-state index >= 15 is 0 Å². The number of benzene rings is 1. The minimum atomic E-state index is -0.486. The van der Waals surface area contributed by atoms with Gasteiger partial charge in [-0.15, -0.1) is 0 Å². The highest BCUT2D eigenvalue weighted by Gasteiger charge is 2.29. The number of aryl methyl sites for hydroxylation is 1. The molecular formula is C28H37ClN4O3. The van der Waals surface area contributed by atoms with E-state index in [2.05, 4.69) is 16.4 Å². The molecule has 0 aliphatic carbocycles. The second-order valence-corrected chi connectivity index (χ2v) is 11.1. The molecule has 36 heavy (non-hydrogen) atoms. The fourth-order valence-electron chi connectivity index (χ4n) is 4.93. The zero-order valence-electron chi connectivity index (χ0n) is 21.8. The molecule has 1 aliphatic heterocycles. The Balaban J connectivity index is 1.68. The van der Waals surface area contributed by atoms with Gasteiger partial charge < -0.3 is 9.64 Å². The van der Waals surface area contributed by atoms with E-state index in [1.165, 1.54) is 0 Å². The predicted molar refractivity (Wildman–Crippen MR) is 145 cm³/mol. The van der Waals surface area contributed by atoms with Gasteiger partial charge in [0.1, 0.15) is 11.4 Å². The molecule has 7 nitrogen and oxygen atoms in total. The van der Waals surface area contributed by atoms with Gasteiger partial charge in [-0.2, -0.15) is 0 Å². The van der Waals surface area contributed by atoms with E-state index in [1.807, 2.05) is 51.2 Å². The summed E-state index contributed by atoms with van der Waals surface area (Å²) >= 11 is 6.07. The quantitative estimate of drug-likeness (QED) is 0.256. The Morgan fingerprint density at radius 2 is 1.94 bits per heavy atom. The van der Waals surface area contributed by atoms with E-state index in [-0.39, 0.29) is 17.6 Å². The van der Waals surface area contributed by atoms with Gasteiger partial charge in [-0.05, 0) is 58.6 Å². The summed E-state index contributed by atoms with van der Waals surface area (Å²) in [6.07, 6.45) is 8.10. The average molecular weight is 513 g/mol. The number of hydrogen-bond donors (Lipinski definition) is 0. The van der Waals surface area contributed by atoms with Crippen molar-refractivity contribution < 1.29 is 9.53 Å². The molecule has 194 valence electrons. The maximum atomic E-state index is 13.3. The number of rotatable bonds is 9. The minimum Gasteiger partial charge on any atom is -0.460 e. The smallest absolute Gasteiger partial charge is 0.306 e. The number of imidazole rings is 1. The number of unbranched alkanes of at least 4 members (excludes halogenated alkanes) is 2. The first kappa shape index (κ1) is 26.3. The molecule has 1 aliphatic rings. The lowest BCUT2D eigenvalue weighted by atomic mass is 10.1. The zero-order valence-corrected chi connectivity index (χ0v) is 22.6. The number of carbonyl (C=O) groups is 1. The number of esters is 1. The minimum absolute atomic E-state index is 0.0998. The molecule has 2 aromatic heterocycles. The third-order valence-electron chi connectivity index (χ3n) is 6.59. The van der Waals surface area contributed by atoms with Crippen molar-refractivity contribution in [1.82, 2.24) is 14.0 Å². The van der Waals surface area contributed by atoms with Gasteiger partial charge in [-0.3, -0.25) is 18.6 Å². The van der Waals surface area contributed by atoms with Crippen LogP contribution in [0, 0.1) is 0 Å². The van der Waals surface area contributed by atoms with Crippen LogP contribution in [-0.4, -0.2) is 38.1 Å². The summed E-state index contributed by atoms with van der Waals surface area (Å²) in [5.41, 5.74) is 1.07. The summed E-state index contributed by atoms with van der Waals surface area (Å²) in [7, 11) is 0. The van der Waals surface area contributed by atoms with Crippen LogP contribution in [-0.2, 0) is 16.1 Å². The van der Waals surface area contributed by atoms with Gasteiger partial charge in [0, 0.05) is 48.4 Å². The van der Waals surface area contributed by atoms with E-state index in [1.54, 1.807) is 10.5 Å². The second-order valence-electron chi connectivity index (χ2n) is 10.6. The average Bonchev–Trinajstić information content (AvgIpc) is 3.46. The molecule has 1 fully saturated rings. The van der Waals surface area contributed by atoms with E-state index in [0.29, 0.717) is 23.6 Å². The standard InChI is InChI=1S/C28H37ClN4O3/c1-5-6-7-16-32-24(31-17-8-9-22(31)14-15-26(35)36-28(2,3)4)18-25(34)33-19-23(30-27(32)33)20-10-12-21(29)13-11-20/h10-13,18-19,22H,5-9,14-17H2,1-4H3. The summed E-state index contributed by atoms with van der Waals surface area (Å²) in [5, 5.41) is 0.662. The number of hydrogen-bond acceptors (Lipinski definition) is 5. The summed E-state index contributed by atoms with van der Waals surface area (Å²) < 4.78 is 9.35. The van der Waals surface area contributed by atoms with Gasteiger partial charge in [-0.25, -0.2) is 4.98 Å². The number of fused-ring (bicyclic) bond motifs is 1. The van der Waals surface area contributed by atoms with Crippen molar-refractivity contribution in [3.05, 3.63) is 51.9 Å². The van der Waals surface area contributed by atoms with Crippen LogP contribution in [0.5, 0.6) is 0 Å². The summed E-state index contributed by atoms with van der Waals surface area (Å²) in [6.45, 7) is 9.48. The molecular weight excluding hydrogens is 476 g/mol. The van der Waals surface area contributed by atoms with Crippen molar-refractivity contribution in [3.63, 3.8) is 0 Å². The van der Waals surface area contributed by atoms with Crippen LogP contribution in [0.25, 0.3) is 17.0 Å². The fraction of sp³-hybridized carbons (Fsp3) is 0.536. The van der Waals surface area contributed by atoms with Crippen LogP contribution >= 0.6 is 11.6 Å². The third-order valence-corrected chi connectivity index (χ3v) is 6.85. The van der Waals surface area contributed by atoms with E-state index in [4.69, 9.17) is 21.3 Å². The largest absolute Gasteiger partial charge is 0.460 e. The molecule has 0 radical (unpaired) electrons. The van der Waals surface area contributed by atoms with Crippen LogP contribution in [0.15, 0.2) is 41.3 Å². The van der Waals surface area contributed by atoms with Crippen molar-refractivity contribution in [2.75, 3.05) is 11.4 Å². The van der Waals surface area contributed by atoms with Crippen LogP contribution in [0.2, 0.25) is 5.02 Å². The first-order valence-electron chi connectivity index (χ1n) is 13.0. The fourth-order valence-corrected chi connectivity index (χ4v) is 5.06. The molecule has 3 aromatic rings. The van der Waals surface area contributed by atoms with Crippen LogP contribution in [0.3, 0.4) is 0 Å². The van der Waals surface area contributed by atoms with Crippen molar-refractivity contribution in [1.29, 1.82) is 0 Å². The molecule has 1 atom stereocenters. The number of ether oxygens (including phenoxy) is 1. The highest BCUT2D eigenvalue weighted by atomic mass is 35.5. The number of anilines is 1. The molecule has 1 saturated heterocycles. The Hall–Kier alpha value is -2.80. The van der Waals surface area contributed by atoms with Crippen molar-refractivity contribution in [2.45, 2.75) is 90.8 Å². The predicted octanol–water partition coefficient (Wildman–Crippen LogP) is 6.10. The van der Waals surface area contributed by atoms with Gasteiger partial charge in [0.15, 0.2) is 0 Å². The highest BCUT2D eigenvalue weighted by molar-refractivity contribution is 6.30. The molecule has 0 amide bonds. The molecule has 0 saturated carbocycles. The van der Waals surface area contributed by atoms with Crippen LogP contribution in [0.4, 0.5) is 5.82 Å². The maximum absolute atomic E-state index is 13.3. The summed E-state index contributed by atoms with van der Waals surface area (Å²) in [6, 6.07) is 9.42. The van der Waals surface area contributed by atoms with Gasteiger partial charge in [0.2, 0.25) is 5.78 Å². The van der Waals surface area contributed by atoms with Crippen LogP contribution in [0.1, 0.15) is 72.6 Å². The molecule has 0 N–H and O–H groups in total. The lowest BCUT2D eigenvalue weighted by Gasteiger charge is -2.30. The zero-order chi connectivity index (χ0) is 25.9. The molecule has 1 unspecified atom stereocenters. The van der Waals surface area contributed by atoms with E-state index in [9.17, 15) is 9.59 Å². The first-order chi connectivity index (χ1) is 17.2. The SMILES string of the molecule is CCCCCn1c(N2CCCC2CCC(=O)OC(C)(C)C)cc(=O)n2cc(-c3ccc(Cl)cc3)nc12. The molecule has 0 spiro atoms. The topological polar surface area (TPSA) is 68.8 Å². The normalized spacial score (nSPS) is 16.1. The van der Waals surface area contributed by atoms with Gasteiger partial charge >= 0.3 is 5.97 Å². The maximum Gasteiger partial charge on any atom is 0.306 e. The molecule has 1 aromatic carbocycles. The lowest BCUT2D eigenvalue weighted by molar-refractivity contribution is -0.155. The van der Waals surface area contributed by atoms with Gasteiger partial charge in [0.05, 0.1) is 5.69 Å². The molecule has 0 bridgehead atoms. The lowest BCUT2D eigenvalue weighted by Crippen LogP contribution is -2.35. The van der Waals surface area contributed by atoms with Crippen molar-refractivity contribution in [3.8, 4) is 11.3 Å². The number of halogens is 1. The van der Waals surface area contributed by atoms with Crippen molar-refractivity contribution >= 4 is 29.2 Å². The molecule has 8 heteroatoms. The highest BCUT2D eigenvalue weighted by Crippen LogP contribution is 2.30. The van der Waals surface area contributed by atoms with Gasteiger partial charge in [0.25, 0.3) is 5.56 Å². The second kappa shape index (κ2) is 11.1.